The van der Waals surface area contributed by atoms with Crippen LogP contribution in [0.2, 0.25) is 0 Å². The zero-order valence-corrected chi connectivity index (χ0v) is 5.56. The lowest BCUT2D eigenvalue weighted by Crippen LogP contribution is -1.83. The van der Waals surface area contributed by atoms with Crippen molar-refractivity contribution in [2.45, 2.75) is 0 Å². The van der Waals surface area contributed by atoms with Crippen LogP contribution >= 0.6 is 0 Å². The molecule has 2 aromatic rings. The first-order valence-electron chi connectivity index (χ1n) is 3.05. The molecule has 0 saturated carbocycles. The largest absolute Gasteiger partial charge is 0.443 e. The van der Waals surface area contributed by atoms with Gasteiger partial charge in [-0.05, 0) is 0 Å². The molecule has 0 unspecified atom stereocenters. The Morgan fingerprint density at radius 2 is 2.45 bits per heavy atom. The molecule has 1 radical (unpaired) electrons. The van der Waals surface area contributed by atoms with Gasteiger partial charge in [-0.3, -0.25) is 4.98 Å². The molecule has 2 aromatic heterocycles. The smallest absolute Gasteiger partial charge is 0.246 e. The van der Waals surface area contributed by atoms with E-state index in [1.807, 2.05) is 0 Å². The van der Waals surface area contributed by atoms with Gasteiger partial charge in [0.1, 0.15) is 18.2 Å². The van der Waals surface area contributed by atoms with Crippen molar-refractivity contribution in [3.05, 3.63) is 31.1 Å². The zero-order chi connectivity index (χ0) is 7.52. The summed E-state index contributed by atoms with van der Waals surface area (Å²) in [7, 11) is 0. The zero-order valence-electron chi connectivity index (χ0n) is 5.56. The third kappa shape index (κ3) is 1.10. The molecule has 0 aliphatic carbocycles. The van der Waals surface area contributed by atoms with Gasteiger partial charge in [0, 0.05) is 0 Å². The van der Waals surface area contributed by atoms with E-state index in [4.69, 9.17) is 4.42 Å². The van der Waals surface area contributed by atoms with Gasteiger partial charge in [0.2, 0.25) is 5.89 Å². The normalized spacial score (nSPS) is 9.82. The maximum Gasteiger partial charge on any atom is 0.246 e. The Bertz CT molecular complexity index is 317. The average molecular weight is 146 g/mol. The van der Waals surface area contributed by atoms with Gasteiger partial charge in [0.25, 0.3) is 0 Å². The van der Waals surface area contributed by atoms with Gasteiger partial charge in [0.15, 0.2) is 0 Å². The van der Waals surface area contributed by atoms with Crippen molar-refractivity contribution in [1.82, 2.24) is 15.0 Å². The van der Waals surface area contributed by atoms with Gasteiger partial charge in [-0.25, -0.2) is 9.97 Å². The number of aromatic nitrogens is 3. The van der Waals surface area contributed by atoms with Crippen LogP contribution in [0.15, 0.2) is 29.3 Å². The minimum absolute atomic E-state index is 0.467. The molecular formula is C7H4N3O. The van der Waals surface area contributed by atoms with Gasteiger partial charge >= 0.3 is 0 Å². The Balaban J connectivity index is 2.46. The first-order chi connectivity index (χ1) is 5.47. The summed E-state index contributed by atoms with van der Waals surface area (Å²) in [6, 6.07) is 0. The van der Waals surface area contributed by atoms with E-state index < -0.39 is 0 Å². The summed E-state index contributed by atoms with van der Waals surface area (Å²) in [5.74, 6) is 0.467. The second-order valence-corrected chi connectivity index (χ2v) is 1.87. The van der Waals surface area contributed by atoms with Gasteiger partial charge < -0.3 is 4.42 Å². The number of oxazole rings is 1. The molecule has 4 heteroatoms. The van der Waals surface area contributed by atoms with E-state index in [0.29, 0.717) is 11.6 Å². The number of hydrogen-bond donors (Lipinski definition) is 0. The van der Waals surface area contributed by atoms with Crippen LogP contribution in [-0.2, 0) is 0 Å². The molecule has 0 spiro atoms. The molecule has 0 N–H and O–H groups in total. The highest BCUT2D eigenvalue weighted by atomic mass is 16.3. The first-order valence-corrected chi connectivity index (χ1v) is 3.05. The van der Waals surface area contributed by atoms with Crippen LogP contribution in [-0.4, -0.2) is 15.0 Å². The third-order valence-electron chi connectivity index (χ3n) is 1.17. The lowest BCUT2D eigenvalue weighted by Gasteiger charge is -1.88. The van der Waals surface area contributed by atoms with Crippen LogP contribution in [0.5, 0.6) is 0 Å². The van der Waals surface area contributed by atoms with E-state index in [0.717, 1.165) is 0 Å². The highest BCUT2D eigenvalue weighted by molar-refractivity contribution is 5.43. The predicted molar refractivity (Wildman–Crippen MR) is 36.4 cm³/mol. The summed E-state index contributed by atoms with van der Waals surface area (Å²) in [5.41, 5.74) is 0.595. The van der Waals surface area contributed by atoms with Crippen molar-refractivity contribution < 1.29 is 4.42 Å². The molecule has 0 atom stereocenters. The summed E-state index contributed by atoms with van der Waals surface area (Å²) in [5, 5.41) is 0. The standard InChI is InChI=1S/C7H4N3O/c1-2-9-6(5-8-1)7-10-3-4-11-7/h1,3-5H. The van der Waals surface area contributed by atoms with Crippen molar-refractivity contribution >= 4 is 0 Å². The van der Waals surface area contributed by atoms with Gasteiger partial charge in [0.05, 0.1) is 18.6 Å². The lowest BCUT2D eigenvalue weighted by atomic mass is 10.4. The fraction of sp³-hybridized carbons (Fsp3) is 0. The molecule has 2 rings (SSSR count). The van der Waals surface area contributed by atoms with Crippen LogP contribution in [0, 0.1) is 6.20 Å². The number of nitrogens with zero attached hydrogens (tertiary/aromatic N) is 3. The van der Waals surface area contributed by atoms with Crippen molar-refractivity contribution in [2.24, 2.45) is 0 Å². The van der Waals surface area contributed by atoms with Crippen LogP contribution in [0.1, 0.15) is 0 Å². The van der Waals surface area contributed by atoms with Gasteiger partial charge in [-0.15, -0.1) is 0 Å². The maximum absolute atomic E-state index is 4.99. The van der Waals surface area contributed by atoms with Crippen LogP contribution in [0.3, 0.4) is 0 Å². The Hall–Kier alpha value is -1.71. The highest BCUT2D eigenvalue weighted by Gasteiger charge is 2.01. The third-order valence-corrected chi connectivity index (χ3v) is 1.17. The second-order valence-electron chi connectivity index (χ2n) is 1.87. The van der Waals surface area contributed by atoms with E-state index in [1.54, 1.807) is 12.4 Å². The van der Waals surface area contributed by atoms with Crippen molar-refractivity contribution in [2.75, 3.05) is 0 Å². The fourth-order valence-electron chi connectivity index (χ4n) is 0.721. The van der Waals surface area contributed by atoms with Crippen LogP contribution < -0.4 is 0 Å². The Morgan fingerprint density at radius 1 is 1.45 bits per heavy atom. The molecule has 0 amide bonds. The Morgan fingerprint density at radius 3 is 3.09 bits per heavy atom. The van der Waals surface area contributed by atoms with Crippen molar-refractivity contribution in [1.29, 1.82) is 0 Å². The van der Waals surface area contributed by atoms with Crippen molar-refractivity contribution in [3.8, 4) is 11.6 Å². The SMILES string of the molecule is [c]1cncc(-c2ncco2)n1. The van der Waals surface area contributed by atoms with E-state index in [2.05, 4.69) is 21.1 Å². The molecule has 0 aliphatic rings. The molecule has 0 aliphatic heterocycles. The number of rotatable bonds is 1. The molecule has 0 aromatic carbocycles. The minimum Gasteiger partial charge on any atom is -0.443 e. The van der Waals surface area contributed by atoms with E-state index in [-0.39, 0.29) is 0 Å². The topological polar surface area (TPSA) is 51.8 Å². The molecule has 0 bridgehead atoms. The molecule has 0 fully saturated rings. The summed E-state index contributed by atoms with van der Waals surface area (Å²) in [6.45, 7) is 0. The maximum atomic E-state index is 4.99. The average Bonchev–Trinajstić information content (AvgIpc) is 2.58. The second kappa shape index (κ2) is 2.49. The Kier molecular flexibility index (Phi) is 1.37. The van der Waals surface area contributed by atoms with Crippen molar-refractivity contribution in [3.63, 3.8) is 0 Å². The quantitative estimate of drug-likeness (QED) is 0.600. The van der Waals surface area contributed by atoms with E-state index >= 15 is 0 Å². The monoisotopic (exact) mass is 146 g/mol. The molecule has 2 heterocycles. The molecular weight excluding hydrogens is 142 g/mol. The minimum atomic E-state index is 0.467. The summed E-state index contributed by atoms with van der Waals surface area (Å²) in [6.07, 6.45) is 8.69. The molecule has 4 nitrogen and oxygen atoms in total. The highest BCUT2D eigenvalue weighted by Crippen LogP contribution is 2.10. The van der Waals surface area contributed by atoms with E-state index in [9.17, 15) is 0 Å². The first kappa shape index (κ1) is 6.03. The summed E-state index contributed by atoms with van der Waals surface area (Å²) < 4.78 is 4.99. The summed E-state index contributed by atoms with van der Waals surface area (Å²) >= 11 is 0. The van der Waals surface area contributed by atoms with Gasteiger partial charge in [-0.2, -0.15) is 0 Å². The number of hydrogen-bond acceptors (Lipinski definition) is 4. The Labute approximate surface area is 62.9 Å². The molecule has 53 valence electrons. The van der Waals surface area contributed by atoms with E-state index in [1.165, 1.54) is 12.5 Å². The fourth-order valence-corrected chi connectivity index (χ4v) is 0.721. The van der Waals surface area contributed by atoms with Crippen LogP contribution in [0.25, 0.3) is 11.6 Å². The molecule has 11 heavy (non-hydrogen) atoms. The van der Waals surface area contributed by atoms with Gasteiger partial charge in [-0.1, -0.05) is 0 Å². The lowest BCUT2D eigenvalue weighted by molar-refractivity contribution is 0.571. The van der Waals surface area contributed by atoms with Crippen LogP contribution in [0.4, 0.5) is 0 Å². The predicted octanol–water partition coefficient (Wildman–Crippen LogP) is 0.932. The summed E-state index contributed by atoms with van der Waals surface area (Å²) in [4.78, 5) is 11.6. The molecule has 0 saturated heterocycles.